The van der Waals surface area contributed by atoms with Gasteiger partial charge in [0.05, 0.1) is 11.3 Å². The molecule has 2 rings (SSSR count). The number of rotatable bonds is 4. The van der Waals surface area contributed by atoms with Gasteiger partial charge in [0, 0.05) is 11.2 Å². The Morgan fingerprint density at radius 2 is 2.28 bits per heavy atom. The molecule has 0 unspecified atom stereocenters. The van der Waals surface area contributed by atoms with E-state index in [1.807, 2.05) is 6.92 Å². The summed E-state index contributed by atoms with van der Waals surface area (Å²) in [7, 11) is 5.59. The van der Waals surface area contributed by atoms with E-state index in [4.69, 9.17) is 7.85 Å². The average molecular weight is 245 g/mol. The van der Waals surface area contributed by atoms with Gasteiger partial charge in [0.1, 0.15) is 13.7 Å². The molecule has 1 aliphatic carbocycles. The fraction of sp³-hybridized carbons (Fsp3) is 0.500. The zero-order chi connectivity index (χ0) is 13.3. The Morgan fingerprint density at radius 1 is 1.61 bits per heavy atom. The van der Waals surface area contributed by atoms with Crippen LogP contribution in [0.4, 0.5) is 4.39 Å². The molecule has 4 heteroatoms. The smallest absolute Gasteiger partial charge is 0.145 e. The van der Waals surface area contributed by atoms with Crippen LogP contribution in [0.5, 0.6) is 0 Å². The standard InChI is InChI=1S/C14H17BFNO/c1-3-5-9(2)11-8-10(12(16)13(15)17-11)14(18)6-4-7-14/h8,18H,2-7H2,1H3. The highest BCUT2D eigenvalue weighted by atomic mass is 19.1. The summed E-state index contributed by atoms with van der Waals surface area (Å²) in [5.41, 5.74) is 0.468. The summed E-state index contributed by atoms with van der Waals surface area (Å²) in [6, 6.07) is 1.60. The predicted molar refractivity (Wildman–Crippen MR) is 71.3 cm³/mol. The molecule has 2 nitrogen and oxygen atoms in total. The van der Waals surface area contributed by atoms with Crippen LogP contribution in [-0.2, 0) is 5.60 Å². The SMILES string of the molecule is [B]c1nc(C(=C)CCC)cc(C2(O)CCC2)c1F. The van der Waals surface area contributed by atoms with Crippen molar-refractivity contribution in [3.8, 4) is 0 Å². The van der Waals surface area contributed by atoms with Gasteiger partial charge >= 0.3 is 0 Å². The van der Waals surface area contributed by atoms with Gasteiger partial charge in [-0.05, 0) is 37.3 Å². The highest BCUT2D eigenvalue weighted by Gasteiger charge is 2.39. The van der Waals surface area contributed by atoms with Crippen molar-refractivity contribution in [2.75, 3.05) is 0 Å². The lowest BCUT2D eigenvalue weighted by atomic mass is 9.74. The van der Waals surface area contributed by atoms with Crippen LogP contribution in [0.15, 0.2) is 12.6 Å². The average Bonchev–Trinajstić information content (AvgIpc) is 2.29. The summed E-state index contributed by atoms with van der Waals surface area (Å²) >= 11 is 0. The Hall–Kier alpha value is -1.16. The highest BCUT2D eigenvalue weighted by Crippen LogP contribution is 2.42. The first-order valence-electron chi connectivity index (χ1n) is 6.35. The van der Waals surface area contributed by atoms with Crippen LogP contribution in [0.2, 0.25) is 0 Å². The Kier molecular flexibility index (Phi) is 3.57. The molecule has 94 valence electrons. The van der Waals surface area contributed by atoms with E-state index < -0.39 is 11.4 Å². The summed E-state index contributed by atoms with van der Waals surface area (Å²) < 4.78 is 14.0. The molecule has 0 aromatic carbocycles. The molecule has 1 aromatic heterocycles. The molecule has 0 amide bonds. The van der Waals surface area contributed by atoms with Crippen molar-refractivity contribution < 1.29 is 9.50 Å². The highest BCUT2D eigenvalue weighted by molar-refractivity contribution is 6.31. The van der Waals surface area contributed by atoms with Crippen LogP contribution < -0.4 is 5.59 Å². The monoisotopic (exact) mass is 245 g/mol. The number of halogens is 1. The summed E-state index contributed by atoms with van der Waals surface area (Å²) in [5.74, 6) is -0.592. The molecule has 1 heterocycles. The van der Waals surface area contributed by atoms with Gasteiger partial charge < -0.3 is 5.11 Å². The molecular weight excluding hydrogens is 228 g/mol. The first-order chi connectivity index (χ1) is 8.48. The summed E-state index contributed by atoms with van der Waals surface area (Å²) in [6.07, 6.45) is 3.79. The van der Waals surface area contributed by atoms with Gasteiger partial charge in [0.15, 0.2) is 0 Å². The molecule has 1 aromatic rings. The van der Waals surface area contributed by atoms with Gasteiger partial charge in [-0.3, -0.25) is 4.98 Å². The van der Waals surface area contributed by atoms with Gasteiger partial charge in [0.25, 0.3) is 0 Å². The Balaban J connectivity index is 2.43. The van der Waals surface area contributed by atoms with Crippen LogP contribution >= 0.6 is 0 Å². The topological polar surface area (TPSA) is 33.1 Å². The van der Waals surface area contributed by atoms with Crippen LogP contribution in [-0.4, -0.2) is 17.9 Å². The van der Waals surface area contributed by atoms with Crippen LogP contribution in [0.3, 0.4) is 0 Å². The molecule has 1 aliphatic rings. The van der Waals surface area contributed by atoms with Gasteiger partial charge in [-0.1, -0.05) is 19.9 Å². The van der Waals surface area contributed by atoms with Crippen LogP contribution in [0.25, 0.3) is 5.57 Å². The number of hydrogen-bond donors (Lipinski definition) is 1. The first kappa shape index (κ1) is 13.3. The van der Waals surface area contributed by atoms with Crippen molar-refractivity contribution in [3.63, 3.8) is 0 Å². The second-order valence-corrected chi connectivity index (χ2v) is 4.99. The number of allylic oxidation sites excluding steroid dienone is 1. The molecule has 0 bridgehead atoms. The van der Waals surface area contributed by atoms with Gasteiger partial charge in [-0.25, -0.2) is 4.39 Å². The summed E-state index contributed by atoms with van der Waals surface area (Å²) in [4.78, 5) is 4.02. The third kappa shape index (κ3) is 2.21. The maximum Gasteiger partial charge on any atom is 0.145 e. The van der Waals surface area contributed by atoms with E-state index in [9.17, 15) is 9.50 Å². The molecule has 2 radical (unpaired) electrons. The van der Waals surface area contributed by atoms with Crippen LogP contribution in [0, 0.1) is 5.82 Å². The molecule has 1 fully saturated rings. The fourth-order valence-corrected chi connectivity index (χ4v) is 2.28. The number of hydrogen-bond acceptors (Lipinski definition) is 2. The van der Waals surface area contributed by atoms with E-state index in [1.165, 1.54) is 0 Å². The maximum atomic E-state index is 14.0. The molecular formula is C14H17BFNO. The lowest BCUT2D eigenvalue weighted by Gasteiger charge is -2.37. The van der Waals surface area contributed by atoms with E-state index in [0.29, 0.717) is 18.5 Å². The first-order valence-corrected chi connectivity index (χ1v) is 6.35. The number of nitrogens with zero attached hydrogens (tertiary/aromatic N) is 1. The lowest BCUT2D eigenvalue weighted by Crippen LogP contribution is -2.37. The molecule has 1 N–H and O–H groups in total. The minimum Gasteiger partial charge on any atom is -0.385 e. The third-order valence-electron chi connectivity index (χ3n) is 3.58. The minimum atomic E-state index is -1.07. The normalized spacial score (nSPS) is 17.3. The number of aliphatic hydroxyl groups is 1. The fourth-order valence-electron chi connectivity index (χ4n) is 2.28. The zero-order valence-corrected chi connectivity index (χ0v) is 10.7. The molecule has 0 spiro atoms. The summed E-state index contributed by atoms with van der Waals surface area (Å²) in [5, 5.41) is 10.3. The largest absolute Gasteiger partial charge is 0.385 e. The number of pyridine rings is 1. The summed E-state index contributed by atoms with van der Waals surface area (Å²) in [6.45, 7) is 5.97. The Labute approximate surface area is 108 Å². The van der Waals surface area contributed by atoms with E-state index in [1.54, 1.807) is 6.07 Å². The Morgan fingerprint density at radius 3 is 2.78 bits per heavy atom. The maximum absolute atomic E-state index is 14.0. The van der Waals surface area contributed by atoms with Crippen molar-refractivity contribution in [1.29, 1.82) is 0 Å². The molecule has 0 aliphatic heterocycles. The third-order valence-corrected chi connectivity index (χ3v) is 3.58. The van der Waals surface area contributed by atoms with E-state index in [-0.39, 0.29) is 11.2 Å². The second-order valence-electron chi connectivity index (χ2n) is 4.99. The van der Waals surface area contributed by atoms with Gasteiger partial charge in [-0.2, -0.15) is 0 Å². The molecule has 1 saturated carbocycles. The predicted octanol–water partition coefficient (Wildman–Crippen LogP) is 2.20. The Bertz CT molecular complexity index is 483. The van der Waals surface area contributed by atoms with Crippen molar-refractivity contribution in [3.05, 3.63) is 29.7 Å². The van der Waals surface area contributed by atoms with Crippen molar-refractivity contribution in [2.24, 2.45) is 0 Å². The molecule has 18 heavy (non-hydrogen) atoms. The van der Waals surface area contributed by atoms with E-state index in [2.05, 4.69) is 11.6 Å². The lowest BCUT2D eigenvalue weighted by molar-refractivity contribution is -0.0416. The van der Waals surface area contributed by atoms with E-state index >= 15 is 0 Å². The molecule has 0 saturated heterocycles. The van der Waals surface area contributed by atoms with Crippen molar-refractivity contribution in [2.45, 2.75) is 44.6 Å². The quantitative estimate of drug-likeness (QED) is 0.825. The van der Waals surface area contributed by atoms with E-state index in [0.717, 1.165) is 24.8 Å². The second kappa shape index (κ2) is 4.85. The number of aromatic nitrogens is 1. The van der Waals surface area contributed by atoms with Crippen molar-refractivity contribution >= 4 is 19.0 Å². The minimum absolute atomic E-state index is 0.153. The van der Waals surface area contributed by atoms with Crippen molar-refractivity contribution in [1.82, 2.24) is 4.98 Å². The molecule has 0 atom stereocenters. The van der Waals surface area contributed by atoms with Gasteiger partial charge in [0.2, 0.25) is 0 Å². The zero-order valence-electron chi connectivity index (χ0n) is 10.7. The van der Waals surface area contributed by atoms with Crippen LogP contribution in [0.1, 0.15) is 50.3 Å². The van der Waals surface area contributed by atoms with Gasteiger partial charge in [-0.15, -0.1) is 0 Å².